The van der Waals surface area contributed by atoms with Crippen LogP contribution in [0.5, 0.6) is 0 Å². The Labute approximate surface area is 122 Å². The zero-order valence-corrected chi connectivity index (χ0v) is 13.6. The number of nitrogens with one attached hydrogen (secondary N) is 1. The Hall–Kier alpha value is -0.380. The maximum Gasteiger partial charge on any atom is 0.0349 e. The SMILES string of the molecule is CCCNCc1sc2ccc(Br)cc2c1C(C)C. The summed E-state index contributed by atoms with van der Waals surface area (Å²) >= 11 is 5.51. The first-order valence-corrected chi connectivity index (χ1v) is 8.16. The van der Waals surface area contributed by atoms with Gasteiger partial charge in [-0.2, -0.15) is 0 Å². The number of thiophene rings is 1. The van der Waals surface area contributed by atoms with E-state index in [-0.39, 0.29) is 0 Å². The molecule has 1 heterocycles. The van der Waals surface area contributed by atoms with Gasteiger partial charge in [-0.3, -0.25) is 0 Å². The highest BCUT2D eigenvalue weighted by Gasteiger charge is 2.14. The fraction of sp³-hybridized carbons (Fsp3) is 0.467. The molecule has 0 aliphatic carbocycles. The normalized spacial score (nSPS) is 11.6. The van der Waals surface area contributed by atoms with Gasteiger partial charge in [0.05, 0.1) is 0 Å². The van der Waals surface area contributed by atoms with Crippen LogP contribution in [0.3, 0.4) is 0 Å². The minimum absolute atomic E-state index is 0.575. The summed E-state index contributed by atoms with van der Waals surface area (Å²) in [5.41, 5.74) is 1.51. The van der Waals surface area contributed by atoms with Gasteiger partial charge in [0.1, 0.15) is 0 Å². The van der Waals surface area contributed by atoms with E-state index in [1.54, 1.807) is 0 Å². The summed E-state index contributed by atoms with van der Waals surface area (Å²) in [4.78, 5) is 1.49. The highest BCUT2D eigenvalue weighted by atomic mass is 79.9. The summed E-state index contributed by atoms with van der Waals surface area (Å²) in [6.45, 7) is 8.86. The van der Waals surface area contributed by atoms with Crippen LogP contribution in [0.15, 0.2) is 22.7 Å². The number of hydrogen-bond donors (Lipinski definition) is 1. The lowest BCUT2D eigenvalue weighted by Gasteiger charge is -2.09. The van der Waals surface area contributed by atoms with E-state index < -0.39 is 0 Å². The summed E-state index contributed by atoms with van der Waals surface area (Å²) in [5.74, 6) is 0.575. The quantitative estimate of drug-likeness (QED) is 0.737. The van der Waals surface area contributed by atoms with Crippen molar-refractivity contribution in [1.29, 1.82) is 0 Å². The van der Waals surface area contributed by atoms with Gasteiger partial charge in [-0.15, -0.1) is 11.3 Å². The van der Waals surface area contributed by atoms with Gasteiger partial charge in [-0.1, -0.05) is 36.7 Å². The lowest BCUT2D eigenvalue weighted by atomic mass is 9.99. The molecule has 0 saturated carbocycles. The summed E-state index contributed by atoms with van der Waals surface area (Å²) < 4.78 is 2.57. The van der Waals surface area contributed by atoms with E-state index >= 15 is 0 Å². The molecule has 1 nitrogen and oxygen atoms in total. The molecular weight excluding hydrogens is 306 g/mol. The number of benzene rings is 1. The van der Waals surface area contributed by atoms with E-state index in [9.17, 15) is 0 Å². The van der Waals surface area contributed by atoms with Gasteiger partial charge < -0.3 is 5.32 Å². The number of halogens is 1. The molecular formula is C15H20BrNS. The number of rotatable bonds is 5. The van der Waals surface area contributed by atoms with Crippen molar-refractivity contribution in [1.82, 2.24) is 5.32 Å². The first-order chi connectivity index (χ1) is 8.63. The average Bonchev–Trinajstić information content (AvgIpc) is 2.67. The Morgan fingerprint density at radius 2 is 2.11 bits per heavy atom. The van der Waals surface area contributed by atoms with Gasteiger partial charge in [0.25, 0.3) is 0 Å². The van der Waals surface area contributed by atoms with Crippen LogP contribution in [0, 0.1) is 0 Å². The van der Waals surface area contributed by atoms with Gasteiger partial charge >= 0.3 is 0 Å². The van der Waals surface area contributed by atoms with E-state index in [1.165, 1.54) is 31.4 Å². The first kappa shape index (κ1) is 14.0. The zero-order valence-electron chi connectivity index (χ0n) is 11.2. The minimum Gasteiger partial charge on any atom is -0.312 e. The van der Waals surface area contributed by atoms with Crippen LogP contribution in [0.25, 0.3) is 10.1 Å². The monoisotopic (exact) mass is 325 g/mol. The molecule has 0 aliphatic rings. The third-order valence-corrected chi connectivity index (χ3v) is 4.73. The molecule has 2 aromatic rings. The van der Waals surface area contributed by atoms with Crippen molar-refractivity contribution in [2.75, 3.05) is 6.54 Å². The molecule has 1 N–H and O–H groups in total. The fourth-order valence-electron chi connectivity index (χ4n) is 2.28. The first-order valence-electron chi connectivity index (χ1n) is 6.55. The molecule has 0 amide bonds. The zero-order chi connectivity index (χ0) is 13.1. The van der Waals surface area contributed by atoms with Crippen molar-refractivity contribution in [3.8, 4) is 0 Å². The van der Waals surface area contributed by atoms with E-state index in [2.05, 4.69) is 60.2 Å². The average molecular weight is 326 g/mol. The summed E-state index contributed by atoms with van der Waals surface area (Å²) in [7, 11) is 0. The molecule has 3 heteroatoms. The molecule has 18 heavy (non-hydrogen) atoms. The molecule has 2 rings (SSSR count). The van der Waals surface area contributed by atoms with Crippen LogP contribution in [-0.2, 0) is 6.54 Å². The lowest BCUT2D eigenvalue weighted by molar-refractivity contribution is 0.675. The number of hydrogen-bond acceptors (Lipinski definition) is 2. The Morgan fingerprint density at radius 3 is 2.78 bits per heavy atom. The lowest BCUT2D eigenvalue weighted by Crippen LogP contribution is -2.14. The molecule has 0 spiro atoms. The van der Waals surface area contributed by atoms with Crippen LogP contribution < -0.4 is 5.32 Å². The molecule has 0 atom stereocenters. The maximum atomic E-state index is 3.58. The van der Waals surface area contributed by atoms with Crippen LogP contribution in [0.1, 0.15) is 43.6 Å². The molecule has 98 valence electrons. The largest absolute Gasteiger partial charge is 0.312 e. The molecule has 1 aromatic carbocycles. The van der Waals surface area contributed by atoms with E-state index in [0.29, 0.717) is 5.92 Å². The highest BCUT2D eigenvalue weighted by molar-refractivity contribution is 9.10. The van der Waals surface area contributed by atoms with Gasteiger partial charge in [0.15, 0.2) is 0 Å². The number of fused-ring (bicyclic) bond motifs is 1. The van der Waals surface area contributed by atoms with Crippen molar-refractivity contribution < 1.29 is 0 Å². The fourth-order valence-corrected chi connectivity index (χ4v) is 3.95. The van der Waals surface area contributed by atoms with Crippen molar-refractivity contribution in [3.63, 3.8) is 0 Å². The van der Waals surface area contributed by atoms with Crippen LogP contribution in [0.2, 0.25) is 0 Å². The second-order valence-corrected chi connectivity index (χ2v) is 6.96. The van der Waals surface area contributed by atoms with Crippen LogP contribution in [0.4, 0.5) is 0 Å². The Morgan fingerprint density at radius 1 is 1.33 bits per heavy atom. The molecule has 0 aliphatic heterocycles. The topological polar surface area (TPSA) is 12.0 Å². The molecule has 0 fully saturated rings. The minimum atomic E-state index is 0.575. The molecule has 0 bridgehead atoms. The van der Waals surface area contributed by atoms with Crippen LogP contribution in [-0.4, -0.2) is 6.54 Å². The van der Waals surface area contributed by atoms with E-state index in [4.69, 9.17) is 0 Å². The van der Waals surface area contributed by atoms with E-state index in [0.717, 1.165) is 13.1 Å². The Balaban J connectivity index is 2.41. The molecule has 0 unspecified atom stereocenters. The maximum absolute atomic E-state index is 3.58. The predicted octanol–water partition coefficient (Wildman–Crippen LogP) is 5.29. The second kappa shape index (κ2) is 6.18. The predicted molar refractivity (Wildman–Crippen MR) is 85.6 cm³/mol. The molecule has 1 aromatic heterocycles. The summed E-state index contributed by atoms with van der Waals surface area (Å²) in [6.07, 6.45) is 1.19. The summed E-state index contributed by atoms with van der Waals surface area (Å²) in [6, 6.07) is 6.61. The second-order valence-electron chi connectivity index (χ2n) is 4.91. The van der Waals surface area contributed by atoms with E-state index in [1.807, 2.05) is 11.3 Å². The van der Waals surface area contributed by atoms with Crippen molar-refractivity contribution in [2.45, 2.75) is 39.7 Å². The third-order valence-electron chi connectivity index (χ3n) is 3.06. The van der Waals surface area contributed by atoms with Gasteiger partial charge in [0, 0.05) is 20.6 Å². The standard InChI is InChI=1S/C15H20BrNS/c1-4-7-17-9-14-15(10(2)3)12-8-11(16)5-6-13(12)18-14/h5-6,8,10,17H,4,7,9H2,1-3H3. The van der Waals surface area contributed by atoms with Gasteiger partial charge in [-0.05, 0) is 48.0 Å². The van der Waals surface area contributed by atoms with Crippen molar-refractivity contribution in [3.05, 3.63) is 33.1 Å². The summed E-state index contributed by atoms with van der Waals surface area (Å²) in [5, 5.41) is 4.94. The smallest absolute Gasteiger partial charge is 0.0349 e. The van der Waals surface area contributed by atoms with Crippen molar-refractivity contribution >= 4 is 37.4 Å². The van der Waals surface area contributed by atoms with Crippen molar-refractivity contribution in [2.24, 2.45) is 0 Å². The van der Waals surface area contributed by atoms with Gasteiger partial charge in [-0.25, -0.2) is 0 Å². The Bertz CT molecular complexity index is 531. The third kappa shape index (κ3) is 2.95. The molecule has 0 radical (unpaired) electrons. The Kier molecular flexibility index (Phi) is 4.82. The van der Waals surface area contributed by atoms with Gasteiger partial charge in [0.2, 0.25) is 0 Å². The molecule has 0 saturated heterocycles. The highest BCUT2D eigenvalue weighted by Crippen LogP contribution is 2.37. The van der Waals surface area contributed by atoms with Crippen LogP contribution >= 0.6 is 27.3 Å².